The van der Waals surface area contributed by atoms with Crippen LogP contribution >= 0.6 is 0 Å². The number of methoxy groups -OCH3 is 3. The summed E-state index contributed by atoms with van der Waals surface area (Å²) in [5.74, 6) is 2.73. The van der Waals surface area contributed by atoms with Crippen LogP contribution in [-0.2, 0) is 24.1 Å². The summed E-state index contributed by atoms with van der Waals surface area (Å²) >= 11 is 0. The minimum Gasteiger partial charge on any atom is -0.504 e. The normalized spacial score (nSPS) is 17.2. The van der Waals surface area contributed by atoms with Gasteiger partial charge in [-0.2, -0.15) is 0 Å². The number of ether oxygens (including phenoxy) is 3. The molecule has 0 bridgehead atoms. The van der Waals surface area contributed by atoms with Crippen molar-refractivity contribution in [3.63, 3.8) is 0 Å². The molecule has 33 heavy (non-hydrogen) atoms. The highest BCUT2D eigenvalue weighted by atomic mass is 16.5. The third-order valence-electron chi connectivity index (χ3n) is 6.90. The Hall–Kier alpha value is -2.93. The number of likely N-dealkylation sites (N-methyl/N-ethyl adjacent to an activating group) is 1. The first-order chi connectivity index (χ1) is 15.9. The molecule has 0 radical (unpaired) electrons. The molecule has 1 N–H and O–H groups in total. The van der Waals surface area contributed by atoms with Gasteiger partial charge >= 0.3 is 0 Å². The van der Waals surface area contributed by atoms with E-state index in [1.54, 1.807) is 21.3 Å². The molecule has 7 heteroatoms. The Bertz CT molecular complexity index is 1020. The van der Waals surface area contributed by atoms with Gasteiger partial charge < -0.3 is 29.1 Å². The average molecular weight is 455 g/mol. The van der Waals surface area contributed by atoms with E-state index in [-0.39, 0.29) is 11.7 Å². The molecule has 1 aliphatic carbocycles. The van der Waals surface area contributed by atoms with Crippen LogP contribution in [-0.4, -0.2) is 75.4 Å². The van der Waals surface area contributed by atoms with Gasteiger partial charge in [0.15, 0.2) is 23.0 Å². The molecule has 7 nitrogen and oxygen atoms in total. The number of hydrogen-bond donors (Lipinski definition) is 1. The maximum atomic E-state index is 12.9. The van der Waals surface area contributed by atoms with Crippen molar-refractivity contribution in [3.8, 4) is 23.0 Å². The van der Waals surface area contributed by atoms with E-state index in [0.717, 1.165) is 56.6 Å². The number of fused-ring (bicyclic) bond motifs is 2. The molecule has 1 aliphatic heterocycles. The number of carbonyl (C=O) groups excluding carboxylic acids is 1. The molecule has 1 heterocycles. The van der Waals surface area contributed by atoms with Crippen molar-refractivity contribution in [3.05, 3.63) is 46.5 Å². The van der Waals surface area contributed by atoms with Crippen LogP contribution in [0.5, 0.6) is 23.0 Å². The maximum absolute atomic E-state index is 12.9. The third kappa shape index (κ3) is 4.88. The van der Waals surface area contributed by atoms with Crippen molar-refractivity contribution in [2.24, 2.45) is 0 Å². The molecule has 4 rings (SSSR count). The Morgan fingerprint density at radius 3 is 2.36 bits per heavy atom. The summed E-state index contributed by atoms with van der Waals surface area (Å²) in [5, 5.41) is 10.1. The molecule has 2 aromatic carbocycles. The van der Waals surface area contributed by atoms with Crippen molar-refractivity contribution in [2.45, 2.75) is 31.6 Å². The minimum atomic E-state index is 0.168. The zero-order valence-electron chi connectivity index (χ0n) is 20.0. The van der Waals surface area contributed by atoms with E-state index in [0.29, 0.717) is 29.6 Å². The topological polar surface area (TPSA) is 71.5 Å². The monoisotopic (exact) mass is 454 g/mol. The fourth-order valence-corrected chi connectivity index (χ4v) is 5.00. The molecule has 2 aliphatic rings. The van der Waals surface area contributed by atoms with E-state index in [1.807, 2.05) is 29.2 Å². The molecule has 1 atom stereocenters. The molecule has 2 aromatic rings. The highest BCUT2D eigenvalue weighted by Gasteiger charge is 2.29. The van der Waals surface area contributed by atoms with Crippen molar-refractivity contribution in [1.82, 2.24) is 9.80 Å². The largest absolute Gasteiger partial charge is 0.504 e. The average Bonchev–Trinajstić information content (AvgIpc) is 2.95. The summed E-state index contributed by atoms with van der Waals surface area (Å²) in [5.41, 5.74) is 4.66. The van der Waals surface area contributed by atoms with Crippen LogP contribution in [0.15, 0.2) is 24.3 Å². The van der Waals surface area contributed by atoms with Gasteiger partial charge in [-0.25, -0.2) is 0 Å². The van der Waals surface area contributed by atoms with Gasteiger partial charge in [-0.05, 0) is 79.4 Å². The highest BCUT2D eigenvalue weighted by molar-refractivity contribution is 5.80. The first-order valence-corrected chi connectivity index (χ1v) is 11.5. The Morgan fingerprint density at radius 1 is 1.00 bits per heavy atom. The summed E-state index contributed by atoms with van der Waals surface area (Å²) in [7, 11) is 6.96. The van der Waals surface area contributed by atoms with Crippen LogP contribution in [0.3, 0.4) is 0 Å². The summed E-state index contributed by atoms with van der Waals surface area (Å²) in [6.45, 7) is 3.34. The van der Waals surface area contributed by atoms with Crippen molar-refractivity contribution < 1.29 is 24.1 Å². The van der Waals surface area contributed by atoms with Gasteiger partial charge in [0.05, 0.1) is 27.8 Å². The van der Waals surface area contributed by atoms with E-state index in [2.05, 4.69) is 11.9 Å². The third-order valence-corrected chi connectivity index (χ3v) is 6.90. The van der Waals surface area contributed by atoms with Gasteiger partial charge in [-0.3, -0.25) is 4.79 Å². The first kappa shape index (κ1) is 23.2. The summed E-state index contributed by atoms with van der Waals surface area (Å²) < 4.78 is 16.0. The van der Waals surface area contributed by atoms with Crippen LogP contribution in [0, 0.1) is 0 Å². The molecular weight excluding hydrogens is 420 g/mol. The van der Waals surface area contributed by atoms with E-state index < -0.39 is 0 Å². The molecule has 0 saturated heterocycles. The van der Waals surface area contributed by atoms with Gasteiger partial charge in [-0.1, -0.05) is 0 Å². The van der Waals surface area contributed by atoms with Gasteiger partial charge in [-0.15, -0.1) is 0 Å². The standard InChI is InChI=1S/C26H34N2O5/c1-27(16-20-10-19-13-23(31-2)22(29)15-21(19)20)7-5-8-28-9-6-17-11-24(32-3)25(33-4)12-18(17)14-26(28)30/h11-13,15,20,29H,5-10,14,16H2,1-4H3. The van der Waals surface area contributed by atoms with Gasteiger partial charge in [0.2, 0.25) is 5.91 Å². The Morgan fingerprint density at radius 2 is 1.67 bits per heavy atom. The number of aromatic hydroxyl groups is 1. The second-order valence-electron chi connectivity index (χ2n) is 9.02. The van der Waals surface area contributed by atoms with Crippen LogP contribution in [0.2, 0.25) is 0 Å². The predicted molar refractivity (Wildman–Crippen MR) is 127 cm³/mol. The van der Waals surface area contributed by atoms with Crippen molar-refractivity contribution >= 4 is 5.91 Å². The van der Waals surface area contributed by atoms with Crippen LogP contribution in [0.1, 0.15) is 34.6 Å². The lowest BCUT2D eigenvalue weighted by molar-refractivity contribution is -0.130. The van der Waals surface area contributed by atoms with E-state index in [4.69, 9.17) is 14.2 Å². The number of nitrogens with zero attached hydrogens (tertiary/aromatic N) is 2. The summed E-state index contributed by atoms with van der Waals surface area (Å²) in [4.78, 5) is 17.2. The molecule has 0 saturated carbocycles. The lowest BCUT2D eigenvalue weighted by atomic mass is 9.77. The smallest absolute Gasteiger partial charge is 0.227 e. The second-order valence-corrected chi connectivity index (χ2v) is 9.02. The number of rotatable bonds is 9. The summed E-state index contributed by atoms with van der Waals surface area (Å²) in [6.07, 6.45) is 3.16. The van der Waals surface area contributed by atoms with Crippen LogP contribution < -0.4 is 14.2 Å². The van der Waals surface area contributed by atoms with E-state index >= 15 is 0 Å². The van der Waals surface area contributed by atoms with E-state index in [9.17, 15) is 9.90 Å². The SMILES string of the molecule is COc1cc2c(cc1O)C(CN(C)CCCN1CCc3cc(OC)c(OC)cc3CC1=O)C2. The van der Waals surface area contributed by atoms with Crippen molar-refractivity contribution in [1.29, 1.82) is 0 Å². The number of carbonyl (C=O) groups is 1. The molecule has 1 amide bonds. The molecule has 0 spiro atoms. The van der Waals surface area contributed by atoms with E-state index in [1.165, 1.54) is 11.1 Å². The number of hydrogen-bond acceptors (Lipinski definition) is 6. The number of benzene rings is 2. The number of phenols is 1. The van der Waals surface area contributed by atoms with Crippen LogP contribution in [0.4, 0.5) is 0 Å². The zero-order chi connectivity index (χ0) is 23.5. The Labute approximate surface area is 195 Å². The molecule has 1 unspecified atom stereocenters. The zero-order valence-corrected chi connectivity index (χ0v) is 20.0. The molecular formula is C26H34N2O5. The Balaban J connectivity index is 1.27. The van der Waals surface area contributed by atoms with Gasteiger partial charge in [0.1, 0.15) is 0 Å². The fraction of sp³-hybridized carbons (Fsp3) is 0.500. The lowest BCUT2D eigenvalue weighted by Crippen LogP contribution is -2.36. The highest BCUT2D eigenvalue weighted by Crippen LogP contribution is 2.42. The predicted octanol–water partition coefficient (Wildman–Crippen LogP) is 3.01. The number of phenolic OH excluding ortho intramolecular Hbond substituents is 1. The van der Waals surface area contributed by atoms with Crippen LogP contribution in [0.25, 0.3) is 0 Å². The molecule has 0 fully saturated rings. The fourth-order valence-electron chi connectivity index (χ4n) is 5.00. The molecule has 0 aromatic heterocycles. The summed E-state index contributed by atoms with van der Waals surface area (Å²) in [6, 6.07) is 7.72. The lowest BCUT2D eigenvalue weighted by Gasteiger charge is -2.34. The van der Waals surface area contributed by atoms with Crippen molar-refractivity contribution in [2.75, 3.05) is 54.6 Å². The number of amides is 1. The first-order valence-electron chi connectivity index (χ1n) is 11.5. The Kier molecular flexibility index (Phi) is 6.98. The molecule has 178 valence electrons. The van der Waals surface area contributed by atoms with Gasteiger partial charge in [0, 0.05) is 25.6 Å². The minimum absolute atomic E-state index is 0.168. The quantitative estimate of drug-likeness (QED) is 0.628. The van der Waals surface area contributed by atoms with Gasteiger partial charge in [0.25, 0.3) is 0 Å². The second kappa shape index (κ2) is 9.91. The maximum Gasteiger partial charge on any atom is 0.227 e.